The summed E-state index contributed by atoms with van der Waals surface area (Å²) in [4.78, 5) is 16.5. The zero-order chi connectivity index (χ0) is 23.2. The molecule has 0 fully saturated rings. The predicted octanol–water partition coefficient (Wildman–Crippen LogP) is 0.143. The monoisotopic (exact) mass is 452 g/mol. The van der Waals surface area contributed by atoms with E-state index in [4.69, 9.17) is 9.68 Å². The first kappa shape index (κ1) is 24.1. The van der Waals surface area contributed by atoms with Crippen molar-refractivity contribution >= 4 is 21.9 Å². The lowest BCUT2D eigenvalue weighted by molar-refractivity contribution is -0.00647. The molecule has 1 aromatic heterocycles. The summed E-state index contributed by atoms with van der Waals surface area (Å²) < 4.78 is 29.0. The van der Waals surface area contributed by atoms with Crippen molar-refractivity contribution in [2.45, 2.75) is 37.5 Å². The number of anilines is 1. The second-order valence-electron chi connectivity index (χ2n) is 6.95. The Labute approximate surface area is 179 Å². The molecule has 0 spiro atoms. The Morgan fingerprint density at radius 1 is 1.32 bits per heavy atom. The smallest absolute Gasteiger partial charge is 0.311 e. The second-order valence-corrected chi connectivity index (χ2v) is 8.96. The average molecular weight is 452 g/mol. The number of hydrogen-bond donors (Lipinski definition) is 4. The van der Waals surface area contributed by atoms with Gasteiger partial charge >= 0.3 is 6.01 Å². The highest BCUT2D eigenvalue weighted by Gasteiger charge is 2.29. The fraction of sp³-hybridized carbons (Fsp3) is 0.421. The summed E-state index contributed by atoms with van der Waals surface area (Å²) in [6.07, 6.45) is -0.630. The number of nitrogens with zero attached hydrogens (tertiary/aromatic N) is 3. The molecule has 0 aliphatic carbocycles. The number of aromatic nitrogens is 1. The molecule has 168 valence electrons. The van der Waals surface area contributed by atoms with Crippen LogP contribution in [0.4, 0.5) is 6.01 Å². The fourth-order valence-corrected chi connectivity index (χ4v) is 3.06. The molecule has 4 N–H and O–H groups in total. The van der Waals surface area contributed by atoms with Crippen LogP contribution in [0.3, 0.4) is 0 Å². The summed E-state index contributed by atoms with van der Waals surface area (Å²) in [6.45, 7) is 0. The SMILES string of the molecule is CN(c1nc(C(=O)NC(Cc2ccc(O)cc2)C(O)C(O)CCC#N)co1)S(C)(=O)=O. The molecule has 1 heterocycles. The lowest BCUT2D eigenvalue weighted by Crippen LogP contribution is -2.49. The summed E-state index contributed by atoms with van der Waals surface area (Å²) in [5.74, 6) is -0.712. The third kappa shape index (κ3) is 6.68. The lowest BCUT2D eigenvalue weighted by Gasteiger charge is -2.27. The number of carbonyl (C=O) groups is 1. The van der Waals surface area contributed by atoms with Gasteiger partial charge < -0.3 is 25.1 Å². The van der Waals surface area contributed by atoms with Gasteiger partial charge in [0, 0.05) is 13.5 Å². The maximum atomic E-state index is 12.6. The first-order chi connectivity index (χ1) is 14.5. The van der Waals surface area contributed by atoms with E-state index < -0.39 is 34.2 Å². The number of amides is 1. The highest BCUT2D eigenvalue weighted by Crippen LogP contribution is 2.17. The molecule has 0 aliphatic heterocycles. The van der Waals surface area contributed by atoms with E-state index >= 15 is 0 Å². The van der Waals surface area contributed by atoms with Crippen LogP contribution in [0.2, 0.25) is 0 Å². The van der Waals surface area contributed by atoms with E-state index in [0.29, 0.717) is 5.56 Å². The van der Waals surface area contributed by atoms with Gasteiger partial charge in [0.2, 0.25) is 10.0 Å². The van der Waals surface area contributed by atoms with Crippen molar-refractivity contribution in [3.05, 3.63) is 41.8 Å². The zero-order valence-corrected chi connectivity index (χ0v) is 17.8. The number of nitriles is 1. The number of rotatable bonds is 10. The highest BCUT2D eigenvalue weighted by molar-refractivity contribution is 7.92. The Hall–Kier alpha value is -3.14. The van der Waals surface area contributed by atoms with Gasteiger partial charge in [0.1, 0.15) is 18.1 Å². The van der Waals surface area contributed by atoms with Gasteiger partial charge in [0.05, 0.1) is 24.5 Å². The molecule has 3 atom stereocenters. The van der Waals surface area contributed by atoms with E-state index in [1.54, 1.807) is 12.1 Å². The number of aliphatic hydroxyl groups excluding tert-OH is 2. The summed E-state index contributed by atoms with van der Waals surface area (Å²) in [7, 11) is -2.43. The van der Waals surface area contributed by atoms with E-state index in [-0.39, 0.29) is 36.7 Å². The average Bonchev–Trinajstić information content (AvgIpc) is 3.21. The molecule has 31 heavy (non-hydrogen) atoms. The third-order valence-corrected chi connectivity index (χ3v) is 5.71. The number of nitrogens with one attached hydrogen (secondary N) is 1. The Bertz CT molecular complexity index is 1030. The minimum absolute atomic E-state index is 0.00682. The molecule has 0 saturated heterocycles. The van der Waals surface area contributed by atoms with Crippen LogP contribution in [-0.4, -0.2) is 66.2 Å². The molecule has 3 unspecified atom stereocenters. The molecule has 11 nitrogen and oxygen atoms in total. The van der Waals surface area contributed by atoms with Crippen LogP contribution in [0.25, 0.3) is 0 Å². The van der Waals surface area contributed by atoms with Crippen LogP contribution in [0.1, 0.15) is 28.9 Å². The number of sulfonamides is 1. The predicted molar refractivity (Wildman–Crippen MR) is 110 cm³/mol. The van der Waals surface area contributed by atoms with Gasteiger partial charge in [0.25, 0.3) is 5.91 Å². The van der Waals surface area contributed by atoms with Crippen molar-refractivity contribution < 1.29 is 32.9 Å². The molecular formula is C19H24N4O7S. The van der Waals surface area contributed by atoms with Crippen LogP contribution < -0.4 is 9.62 Å². The van der Waals surface area contributed by atoms with Gasteiger partial charge in [-0.25, -0.2) is 12.7 Å². The molecule has 0 radical (unpaired) electrons. The molecule has 0 saturated carbocycles. The van der Waals surface area contributed by atoms with Crippen molar-refractivity contribution in [3.8, 4) is 11.8 Å². The Kier molecular flexibility index (Phi) is 7.98. The maximum absolute atomic E-state index is 12.6. The topological polar surface area (TPSA) is 177 Å². The first-order valence-corrected chi connectivity index (χ1v) is 11.1. The van der Waals surface area contributed by atoms with Crippen LogP contribution in [0, 0.1) is 11.3 Å². The Balaban J connectivity index is 2.21. The molecule has 0 bridgehead atoms. The van der Waals surface area contributed by atoms with Crippen molar-refractivity contribution in [2.75, 3.05) is 17.6 Å². The largest absolute Gasteiger partial charge is 0.508 e. The number of aliphatic hydroxyl groups is 2. The van der Waals surface area contributed by atoms with E-state index in [9.17, 15) is 28.5 Å². The molecule has 1 aromatic carbocycles. The van der Waals surface area contributed by atoms with Gasteiger partial charge in [-0.15, -0.1) is 0 Å². The minimum atomic E-state index is -3.64. The summed E-state index contributed by atoms with van der Waals surface area (Å²) in [6, 6.07) is 6.67. The zero-order valence-electron chi connectivity index (χ0n) is 17.0. The summed E-state index contributed by atoms with van der Waals surface area (Å²) >= 11 is 0. The van der Waals surface area contributed by atoms with Gasteiger partial charge in [-0.3, -0.25) is 4.79 Å². The lowest BCUT2D eigenvalue weighted by atomic mass is 9.95. The molecule has 2 aromatic rings. The molecular weight excluding hydrogens is 428 g/mol. The van der Waals surface area contributed by atoms with Gasteiger partial charge in [0.15, 0.2) is 5.69 Å². The number of benzene rings is 1. The second kappa shape index (κ2) is 10.3. The van der Waals surface area contributed by atoms with Gasteiger partial charge in [-0.2, -0.15) is 10.2 Å². The van der Waals surface area contributed by atoms with Crippen molar-refractivity contribution in [2.24, 2.45) is 0 Å². The number of carbonyl (C=O) groups excluding carboxylic acids is 1. The standard InChI is InChI=1S/C19H24N4O7S/c1-23(31(2,28)29)19-22-15(11-30-19)18(27)21-14(17(26)16(25)4-3-9-20)10-12-5-7-13(24)8-6-12/h5-8,11,14,16-17,24-26H,3-4,10H2,1-2H3,(H,21,27). The quantitative estimate of drug-likeness (QED) is 0.390. The first-order valence-electron chi connectivity index (χ1n) is 9.24. The summed E-state index contributed by atoms with van der Waals surface area (Å²) in [5.41, 5.74) is 0.437. The van der Waals surface area contributed by atoms with Crippen LogP contribution in [-0.2, 0) is 16.4 Å². The number of oxazole rings is 1. The maximum Gasteiger partial charge on any atom is 0.311 e. The molecule has 12 heteroatoms. The van der Waals surface area contributed by atoms with Gasteiger partial charge in [-0.1, -0.05) is 12.1 Å². The minimum Gasteiger partial charge on any atom is -0.508 e. The van der Waals surface area contributed by atoms with E-state index in [0.717, 1.165) is 16.8 Å². The van der Waals surface area contributed by atoms with E-state index in [1.807, 2.05) is 6.07 Å². The fourth-order valence-electron chi connectivity index (χ4n) is 2.69. The van der Waals surface area contributed by atoms with Crippen molar-refractivity contribution in [3.63, 3.8) is 0 Å². The highest BCUT2D eigenvalue weighted by atomic mass is 32.2. The third-order valence-electron chi connectivity index (χ3n) is 4.56. The normalized spacial score (nSPS) is 14.3. The number of hydrogen-bond acceptors (Lipinski definition) is 9. The Morgan fingerprint density at radius 3 is 2.55 bits per heavy atom. The number of phenols is 1. The van der Waals surface area contributed by atoms with Crippen molar-refractivity contribution in [1.29, 1.82) is 5.26 Å². The van der Waals surface area contributed by atoms with Crippen molar-refractivity contribution in [1.82, 2.24) is 10.3 Å². The van der Waals surface area contributed by atoms with Crippen LogP contribution >= 0.6 is 0 Å². The molecule has 0 aliphatic rings. The van der Waals surface area contributed by atoms with Crippen LogP contribution in [0.5, 0.6) is 5.75 Å². The van der Waals surface area contributed by atoms with E-state index in [1.165, 1.54) is 19.2 Å². The Morgan fingerprint density at radius 2 is 1.97 bits per heavy atom. The van der Waals surface area contributed by atoms with Gasteiger partial charge in [-0.05, 0) is 30.5 Å². The number of phenolic OH excluding ortho intramolecular Hbond substituents is 1. The summed E-state index contributed by atoms with van der Waals surface area (Å²) in [5, 5.41) is 41.4. The van der Waals surface area contributed by atoms with Crippen LogP contribution in [0.15, 0.2) is 34.9 Å². The molecule has 2 rings (SSSR count). The van der Waals surface area contributed by atoms with E-state index in [2.05, 4.69) is 10.3 Å². The molecule has 1 amide bonds. The number of aromatic hydroxyl groups is 1.